The first-order chi connectivity index (χ1) is 11.1. The molecule has 0 aliphatic carbocycles. The maximum atomic E-state index is 13.1. The first-order valence-corrected chi connectivity index (χ1v) is 8.04. The van der Waals surface area contributed by atoms with Crippen LogP contribution in [-0.4, -0.2) is 35.7 Å². The molecule has 5 heteroatoms. The van der Waals surface area contributed by atoms with E-state index < -0.39 is 30.0 Å². The van der Waals surface area contributed by atoms with E-state index in [9.17, 15) is 14.7 Å². The van der Waals surface area contributed by atoms with E-state index in [2.05, 4.69) is 6.07 Å². The van der Waals surface area contributed by atoms with E-state index in [4.69, 9.17) is 4.74 Å². The number of carboxylic acids is 1. The van der Waals surface area contributed by atoms with Crippen LogP contribution in [0.15, 0.2) is 30.4 Å². The minimum Gasteiger partial charge on any atom is -0.481 e. The Morgan fingerprint density at radius 1 is 1.22 bits per heavy atom. The van der Waals surface area contributed by atoms with Crippen molar-refractivity contribution in [1.29, 1.82) is 0 Å². The first kappa shape index (κ1) is 14.5. The van der Waals surface area contributed by atoms with Crippen molar-refractivity contribution >= 4 is 17.6 Å². The van der Waals surface area contributed by atoms with Crippen LogP contribution in [0.25, 0.3) is 0 Å². The van der Waals surface area contributed by atoms with Crippen LogP contribution in [0.3, 0.4) is 0 Å². The summed E-state index contributed by atoms with van der Waals surface area (Å²) in [6.07, 6.45) is 4.55. The van der Waals surface area contributed by atoms with Gasteiger partial charge in [-0.25, -0.2) is 0 Å². The van der Waals surface area contributed by atoms with Gasteiger partial charge in [0.15, 0.2) is 0 Å². The molecule has 1 fully saturated rings. The number of nitrogens with zero attached hydrogens (tertiary/aromatic N) is 1. The Morgan fingerprint density at radius 3 is 2.70 bits per heavy atom. The zero-order valence-corrected chi connectivity index (χ0v) is 12.9. The molecule has 3 heterocycles. The lowest BCUT2D eigenvalue weighted by atomic mass is 9.81. The van der Waals surface area contributed by atoms with Crippen molar-refractivity contribution in [3.63, 3.8) is 0 Å². The number of carbonyl (C=O) groups excluding carboxylic acids is 1. The third kappa shape index (κ3) is 2.18. The summed E-state index contributed by atoms with van der Waals surface area (Å²) in [5.41, 5.74) is 3.26. The van der Waals surface area contributed by atoms with Gasteiger partial charge in [0.05, 0.1) is 18.1 Å². The Kier molecular flexibility index (Phi) is 3.27. The number of anilines is 1. The average Bonchev–Trinajstić information content (AvgIpc) is 3.14. The van der Waals surface area contributed by atoms with Crippen molar-refractivity contribution in [1.82, 2.24) is 0 Å². The number of benzene rings is 1. The highest BCUT2D eigenvalue weighted by Gasteiger charge is 2.54. The van der Waals surface area contributed by atoms with Gasteiger partial charge in [-0.05, 0) is 31.4 Å². The van der Waals surface area contributed by atoms with E-state index in [-0.39, 0.29) is 5.91 Å². The van der Waals surface area contributed by atoms with E-state index in [1.54, 1.807) is 11.0 Å². The number of hydrogen-bond donors (Lipinski definition) is 1. The van der Waals surface area contributed by atoms with Crippen LogP contribution in [0.2, 0.25) is 0 Å². The van der Waals surface area contributed by atoms with Crippen molar-refractivity contribution in [3.05, 3.63) is 41.5 Å². The molecule has 0 aromatic heterocycles. The second-order valence-electron chi connectivity index (χ2n) is 6.57. The molecule has 1 saturated heterocycles. The molecule has 120 valence electrons. The number of ether oxygens (including phenoxy) is 1. The second kappa shape index (κ2) is 5.20. The SMILES string of the molecule is Cc1ccc2c(c1)CCCN2C(=O)[C@@H]1[C@@H](C(=O)O)[C@H]2C=C[C@H]1O2. The van der Waals surface area contributed by atoms with Crippen LogP contribution in [0.1, 0.15) is 17.5 Å². The molecular weight excluding hydrogens is 294 g/mol. The van der Waals surface area contributed by atoms with Crippen LogP contribution < -0.4 is 4.90 Å². The second-order valence-corrected chi connectivity index (χ2v) is 6.57. The lowest BCUT2D eigenvalue weighted by Gasteiger charge is -2.33. The van der Waals surface area contributed by atoms with Gasteiger partial charge in [-0.2, -0.15) is 0 Å². The lowest BCUT2D eigenvalue weighted by Crippen LogP contribution is -2.46. The van der Waals surface area contributed by atoms with Crippen LogP contribution in [-0.2, 0) is 20.7 Å². The molecule has 0 radical (unpaired) electrons. The Hall–Kier alpha value is -2.14. The third-order valence-corrected chi connectivity index (χ3v) is 5.09. The highest BCUT2D eigenvalue weighted by molar-refractivity contribution is 5.99. The molecule has 0 spiro atoms. The summed E-state index contributed by atoms with van der Waals surface area (Å²) in [7, 11) is 0. The van der Waals surface area contributed by atoms with Crippen molar-refractivity contribution in [2.24, 2.45) is 11.8 Å². The molecule has 5 nitrogen and oxygen atoms in total. The molecule has 3 aliphatic heterocycles. The Labute approximate surface area is 134 Å². The molecule has 4 rings (SSSR count). The summed E-state index contributed by atoms with van der Waals surface area (Å²) in [4.78, 5) is 26.5. The molecule has 1 amide bonds. The fourth-order valence-corrected chi connectivity index (χ4v) is 4.03. The maximum Gasteiger partial charge on any atom is 0.310 e. The molecule has 1 aromatic carbocycles. The van der Waals surface area contributed by atoms with Gasteiger partial charge in [-0.3, -0.25) is 9.59 Å². The van der Waals surface area contributed by atoms with Crippen LogP contribution in [0, 0.1) is 18.8 Å². The summed E-state index contributed by atoms with van der Waals surface area (Å²) >= 11 is 0. The standard InChI is InChI=1S/C18H19NO4/c1-10-4-5-12-11(9-10)3-2-8-19(12)17(20)15-13-6-7-14(23-13)16(15)18(21)22/h4-7,9,13-16H,2-3,8H2,1H3,(H,21,22)/t13-,14-,15+,16+/m1/s1. The zero-order chi connectivity index (χ0) is 16.1. The van der Waals surface area contributed by atoms with Crippen molar-refractivity contribution in [2.45, 2.75) is 32.0 Å². The number of hydrogen-bond acceptors (Lipinski definition) is 3. The van der Waals surface area contributed by atoms with E-state index in [1.807, 2.05) is 25.1 Å². The first-order valence-electron chi connectivity index (χ1n) is 8.04. The number of aryl methyl sites for hydroxylation is 2. The largest absolute Gasteiger partial charge is 0.481 e. The van der Waals surface area contributed by atoms with E-state index in [1.165, 1.54) is 5.56 Å². The summed E-state index contributed by atoms with van der Waals surface area (Å²) in [5, 5.41) is 9.50. The Morgan fingerprint density at radius 2 is 1.96 bits per heavy atom. The maximum absolute atomic E-state index is 13.1. The number of amides is 1. The minimum atomic E-state index is -0.957. The molecule has 4 atom stereocenters. The monoisotopic (exact) mass is 313 g/mol. The smallest absolute Gasteiger partial charge is 0.310 e. The quantitative estimate of drug-likeness (QED) is 0.847. The minimum absolute atomic E-state index is 0.126. The van der Waals surface area contributed by atoms with Gasteiger partial charge < -0.3 is 14.7 Å². The van der Waals surface area contributed by atoms with Gasteiger partial charge in [0.1, 0.15) is 5.92 Å². The van der Waals surface area contributed by atoms with Crippen LogP contribution in [0.4, 0.5) is 5.69 Å². The third-order valence-electron chi connectivity index (χ3n) is 5.09. The zero-order valence-electron chi connectivity index (χ0n) is 12.9. The molecule has 23 heavy (non-hydrogen) atoms. The summed E-state index contributed by atoms with van der Waals surface area (Å²) in [6.45, 7) is 2.68. The van der Waals surface area contributed by atoms with Gasteiger partial charge in [0, 0.05) is 12.2 Å². The van der Waals surface area contributed by atoms with Crippen molar-refractivity contribution in [3.8, 4) is 0 Å². The highest BCUT2D eigenvalue weighted by Crippen LogP contribution is 2.41. The van der Waals surface area contributed by atoms with Crippen LogP contribution in [0.5, 0.6) is 0 Å². The summed E-state index contributed by atoms with van der Waals surface area (Å²) in [6, 6.07) is 6.08. The predicted molar refractivity (Wildman–Crippen MR) is 84.3 cm³/mol. The van der Waals surface area contributed by atoms with Crippen molar-refractivity contribution in [2.75, 3.05) is 11.4 Å². The van der Waals surface area contributed by atoms with Crippen LogP contribution >= 0.6 is 0 Å². The van der Waals surface area contributed by atoms with Gasteiger partial charge in [-0.15, -0.1) is 0 Å². The molecule has 0 unspecified atom stereocenters. The molecular formula is C18H19NO4. The van der Waals surface area contributed by atoms with Gasteiger partial charge in [0.25, 0.3) is 0 Å². The predicted octanol–water partition coefficient (Wildman–Crippen LogP) is 1.93. The fourth-order valence-electron chi connectivity index (χ4n) is 4.03. The number of fused-ring (bicyclic) bond motifs is 3. The lowest BCUT2D eigenvalue weighted by molar-refractivity contribution is -0.146. The van der Waals surface area contributed by atoms with E-state index in [0.29, 0.717) is 6.54 Å². The van der Waals surface area contributed by atoms with E-state index >= 15 is 0 Å². The van der Waals surface area contributed by atoms with Gasteiger partial charge in [-0.1, -0.05) is 29.8 Å². The number of rotatable bonds is 2. The summed E-state index contributed by atoms with van der Waals surface area (Å²) in [5.74, 6) is -2.50. The number of aliphatic carboxylic acids is 1. The molecule has 2 bridgehead atoms. The van der Waals surface area contributed by atoms with E-state index in [0.717, 1.165) is 24.1 Å². The molecule has 1 aromatic rings. The average molecular weight is 313 g/mol. The normalized spacial score (nSPS) is 31.3. The van der Waals surface area contributed by atoms with Gasteiger partial charge in [0.2, 0.25) is 5.91 Å². The van der Waals surface area contributed by atoms with Crippen molar-refractivity contribution < 1.29 is 19.4 Å². The van der Waals surface area contributed by atoms with Gasteiger partial charge >= 0.3 is 5.97 Å². The number of carboxylic acid groups (broad SMARTS) is 1. The summed E-state index contributed by atoms with van der Waals surface area (Å²) < 4.78 is 5.64. The molecule has 1 N–H and O–H groups in total. The highest BCUT2D eigenvalue weighted by atomic mass is 16.5. The topological polar surface area (TPSA) is 66.8 Å². The Balaban J connectivity index is 1.68. The number of carbonyl (C=O) groups is 2. The Bertz CT molecular complexity index is 711. The fraction of sp³-hybridized carbons (Fsp3) is 0.444. The molecule has 0 saturated carbocycles. The molecule has 3 aliphatic rings.